The maximum absolute atomic E-state index is 7.25. The summed E-state index contributed by atoms with van der Waals surface area (Å²) >= 11 is 0. The van der Waals surface area contributed by atoms with Gasteiger partial charge in [0, 0.05) is 0 Å². The van der Waals surface area contributed by atoms with Crippen molar-refractivity contribution in [2.75, 3.05) is 0 Å². The molecular formula is C24H52O4Si5. The highest BCUT2D eigenvalue weighted by Gasteiger charge is 2.53. The molecule has 0 aliphatic rings. The molecule has 0 atom stereocenters. The highest BCUT2D eigenvalue weighted by Crippen LogP contribution is 2.37. The van der Waals surface area contributed by atoms with Gasteiger partial charge in [0.25, 0.3) is 0 Å². The second kappa shape index (κ2) is 14.4. The minimum Gasteiger partial charge on any atom is -0.429 e. The van der Waals surface area contributed by atoms with Gasteiger partial charge in [-0.25, -0.2) is 0 Å². The van der Waals surface area contributed by atoms with Gasteiger partial charge >= 0.3 is 25.7 Å². The average Bonchev–Trinajstić information content (AvgIpc) is 2.89. The van der Waals surface area contributed by atoms with Crippen LogP contribution in [0.4, 0.5) is 0 Å². The van der Waals surface area contributed by atoms with E-state index >= 15 is 0 Å². The molecule has 0 spiro atoms. The Labute approximate surface area is 211 Å². The summed E-state index contributed by atoms with van der Waals surface area (Å²) in [6.07, 6.45) is 0. The Morgan fingerprint density at radius 2 is 0.606 bits per heavy atom. The summed E-state index contributed by atoms with van der Waals surface area (Å²) < 4.78 is 28.5. The van der Waals surface area contributed by atoms with Crippen LogP contribution in [0, 0.1) is 0 Å². The molecule has 0 radical (unpaired) electrons. The van der Waals surface area contributed by atoms with E-state index < -0.39 is 42.3 Å². The second-order valence-electron chi connectivity index (χ2n) is 8.70. The maximum atomic E-state index is 7.25. The molecule has 0 amide bonds. The largest absolute Gasteiger partial charge is 0.429 e. The number of hydrogen-bond donors (Lipinski definition) is 0. The summed E-state index contributed by atoms with van der Waals surface area (Å²) in [4.78, 5) is 0. The summed E-state index contributed by atoms with van der Waals surface area (Å²) in [5.74, 6) is 0. The van der Waals surface area contributed by atoms with Crippen LogP contribution >= 0.6 is 0 Å². The van der Waals surface area contributed by atoms with E-state index in [1.54, 1.807) is 0 Å². The van der Waals surface area contributed by atoms with Gasteiger partial charge < -0.3 is 16.5 Å². The zero-order valence-corrected chi connectivity index (χ0v) is 27.9. The highest BCUT2D eigenvalue weighted by atomic mass is 28.5. The predicted octanol–water partition coefficient (Wildman–Crippen LogP) is 8.33. The zero-order chi connectivity index (χ0) is 25.8. The fraction of sp³-hybridized carbons (Fsp3) is 0.667. The molecule has 0 unspecified atom stereocenters. The summed E-state index contributed by atoms with van der Waals surface area (Å²) in [5.41, 5.74) is 8.03. The summed E-state index contributed by atoms with van der Waals surface area (Å²) in [5, 5.41) is 0. The molecule has 0 saturated carbocycles. The van der Waals surface area contributed by atoms with Crippen LogP contribution in [-0.2, 0) is 16.5 Å². The molecule has 0 N–H and O–H groups in total. The van der Waals surface area contributed by atoms with E-state index in [1.807, 2.05) is 22.8 Å². The molecule has 0 aromatic heterocycles. The summed E-state index contributed by atoms with van der Waals surface area (Å²) in [7, 11) is -12.2. The molecule has 0 fully saturated rings. The molecule has 0 aliphatic carbocycles. The van der Waals surface area contributed by atoms with Gasteiger partial charge in [-0.05, 0) is 48.4 Å². The Morgan fingerprint density at radius 3 is 0.758 bits per heavy atom. The molecule has 0 aromatic carbocycles. The zero-order valence-electron chi connectivity index (χ0n) is 22.9. The van der Waals surface area contributed by atoms with Gasteiger partial charge in [0.1, 0.15) is 0 Å². The van der Waals surface area contributed by atoms with E-state index in [0.717, 1.165) is 48.4 Å². The minimum absolute atomic E-state index is 0.880. The Morgan fingerprint density at radius 1 is 0.394 bits per heavy atom. The van der Waals surface area contributed by atoms with E-state index in [9.17, 15) is 0 Å². The number of hydrogen-bond acceptors (Lipinski definition) is 4. The van der Waals surface area contributed by atoms with Gasteiger partial charge in [-0.1, -0.05) is 78.2 Å². The van der Waals surface area contributed by atoms with Crippen LogP contribution in [0.1, 0.15) is 55.4 Å². The van der Waals surface area contributed by atoms with Crippen LogP contribution in [0.5, 0.6) is 0 Å². The first-order valence-electron chi connectivity index (χ1n) is 12.9. The maximum Gasteiger partial charge on any atom is 0.320 e. The van der Waals surface area contributed by atoms with Crippen molar-refractivity contribution in [2.45, 2.75) is 104 Å². The normalized spacial score (nSPS) is 13.6. The van der Waals surface area contributed by atoms with Gasteiger partial charge in [-0.3, -0.25) is 0 Å². The first-order chi connectivity index (χ1) is 15.6. The lowest BCUT2D eigenvalue weighted by atomic mass is 10.9. The molecule has 0 saturated heterocycles. The average molecular weight is 545 g/mol. The fourth-order valence-corrected chi connectivity index (χ4v) is 29.1. The molecule has 0 aliphatic heterocycles. The topological polar surface area (TPSA) is 36.9 Å². The van der Waals surface area contributed by atoms with Crippen LogP contribution in [0.2, 0.25) is 48.4 Å². The van der Waals surface area contributed by atoms with Gasteiger partial charge in [-0.2, -0.15) is 0 Å². The Kier molecular flexibility index (Phi) is 14.4. The minimum atomic E-state index is -2.59. The number of rotatable bonds is 20. The lowest BCUT2D eigenvalue weighted by Gasteiger charge is -2.47. The van der Waals surface area contributed by atoms with Crippen LogP contribution in [0.15, 0.2) is 49.1 Å². The smallest absolute Gasteiger partial charge is 0.320 e. The Bertz CT molecular complexity index is 562. The molecule has 33 heavy (non-hydrogen) atoms. The van der Waals surface area contributed by atoms with Crippen LogP contribution in [-0.4, -0.2) is 42.3 Å². The van der Waals surface area contributed by atoms with Crippen LogP contribution in [0.25, 0.3) is 0 Å². The van der Waals surface area contributed by atoms with Crippen molar-refractivity contribution in [3.8, 4) is 0 Å². The lowest BCUT2D eigenvalue weighted by Crippen LogP contribution is -2.63. The fourth-order valence-electron chi connectivity index (χ4n) is 4.10. The SMILES string of the molecule is C=C[Si](C=C)(CC)O[Si](CC)(CC)O[Si](CC)(CC)O[Si](CC)(CC)O[Si](C=C)(C=C)CC. The second-order valence-corrected chi connectivity index (χ2v) is 28.5. The van der Waals surface area contributed by atoms with Gasteiger partial charge in [0.2, 0.25) is 16.6 Å². The first kappa shape index (κ1) is 32.9. The molecule has 192 valence electrons. The van der Waals surface area contributed by atoms with Crippen molar-refractivity contribution in [3.63, 3.8) is 0 Å². The molecule has 0 heterocycles. The van der Waals surface area contributed by atoms with Crippen LogP contribution in [0.3, 0.4) is 0 Å². The van der Waals surface area contributed by atoms with Crippen molar-refractivity contribution in [2.24, 2.45) is 0 Å². The van der Waals surface area contributed by atoms with E-state index in [1.165, 1.54) is 0 Å². The van der Waals surface area contributed by atoms with Crippen LogP contribution < -0.4 is 0 Å². The van der Waals surface area contributed by atoms with Gasteiger partial charge in [0.05, 0.1) is 0 Å². The monoisotopic (exact) mass is 544 g/mol. The third kappa shape index (κ3) is 7.94. The predicted molar refractivity (Wildman–Crippen MR) is 158 cm³/mol. The Balaban J connectivity index is 6.42. The molecule has 0 rings (SSSR count). The third-order valence-electron chi connectivity index (χ3n) is 7.22. The standard InChI is InChI=1S/C24H52O4Si5/c1-13-29(14-2,15-3)25-31(19-7,20-8)27-33(23-11,24-12)28-32(21-9,22-10)26-30(16-4,17-5)18-6/h13-14,16-17H,1-2,4-5,15,18-24H2,3,6-12H3. The Hall–Kier alpha value is -0.116. The molecular weight excluding hydrogens is 493 g/mol. The van der Waals surface area contributed by atoms with E-state index in [4.69, 9.17) is 16.5 Å². The van der Waals surface area contributed by atoms with Crippen molar-refractivity contribution in [1.82, 2.24) is 0 Å². The van der Waals surface area contributed by atoms with E-state index in [2.05, 4.69) is 81.7 Å². The highest BCUT2D eigenvalue weighted by molar-refractivity contribution is 6.96. The molecule has 9 heteroatoms. The van der Waals surface area contributed by atoms with Gasteiger partial charge in [0.15, 0.2) is 0 Å². The molecule has 0 aromatic rings. The third-order valence-corrected chi connectivity index (χ3v) is 30.6. The molecule has 4 nitrogen and oxygen atoms in total. The van der Waals surface area contributed by atoms with Crippen molar-refractivity contribution >= 4 is 42.3 Å². The quantitative estimate of drug-likeness (QED) is 0.144. The lowest BCUT2D eigenvalue weighted by molar-refractivity contribution is 0.276. The van der Waals surface area contributed by atoms with Gasteiger partial charge in [-0.15, -0.1) is 26.3 Å². The first-order valence-corrected chi connectivity index (χ1v) is 24.1. The van der Waals surface area contributed by atoms with E-state index in [0.29, 0.717) is 0 Å². The van der Waals surface area contributed by atoms with Crippen molar-refractivity contribution < 1.29 is 16.5 Å². The summed E-state index contributed by atoms with van der Waals surface area (Å²) in [6.45, 7) is 34.0. The van der Waals surface area contributed by atoms with Crippen molar-refractivity contribution in [3.05, 3.63) is 49.1 Å². The van der Waals surface area contributed by atoms with E-state index in [-0.39, 0.29) is 0 Å². The van der Waals surface area contributed by atoms with Crippen molar-refractivity contribution in [1.29, 1.82) is 0 Å². The summed E-state index contributed by atoms with van der Waals surface area (Å²) in [6, 6.07) is 7.15. The molecule has 0 bridgehead atoms.